The van der Waals surface area contributed by atoms with Crippen LogP contribution in [0, 0.1) is 0 Å². The number of ether oxygens (including phenoxy) is 1. The van der Waals surface area contributed by atoms with Crippen LogP contribution in [-0.4, -0.2) is 16.7 Å². The molecule has 3 heteroatoms. The van der Waals surface area contributed by atoms with E-state index in [2.05, 4.69) is 12.1 Å². The fourth-order valence-corrected chi connectivity index (χ4v) is 2.45. The zero-order chi connectivity index (χ0) is 16.9. The van der Waals surface area contributed by atoms with E-state index in [1.807, 2.05) is 39.0 Å². The molecule has 0 aliphatic carbocycles. The molecule has 3 nitrogen and oxygen atoms in total. The summed E-state index contributed by atoms with van der Waals surface area (Å²) in [4.78, 5) is 12.3. The lowest BCUT2D eigenvalue weighted by Gasteiger charge is -2.20. The van der Waals surface area contributed by atoms with Crippen molar-refractivity contribution in [3.8, 4) is 5.75 Å². The minimum atomic E-state index is -0.531. The van der Waals surface area contributed by atoms with Gasteiger partial charge >= 0.3 is 5.97 Å². The van der Waals surface area contributed by atoms with Crippen LogP contribution in [0.15, 0.2) is 48.5 Å². The lowest BCUT2D eigenvalue weighted by atomic mass is 9.99. The zero-order valence-electron chi connectivity index (χ0n) is 14.0. The standard InChI is InChI=1S/C20H24O3/c1-20(2,3)23-19(22)18-13-12-17(21)14-16(18)11-7-10-15-8-5-4-6-9-15/h4-6,8-9,12-14,21H,7,10-11H2,1-3H3. The number of rotatable bonds is 5. The van der Waals surface area contributed by atoms with Crippen LogP contribution in [0.3, 0.4) is 0 Å². The van der Waals surface area contributed by atoms with Crippen molar-refractivity contribution >= 4 is 5.97 Å². The third-order valence-corrected chi connectivity index (χ3v) is 3.46. The highest BCUT2D eigenvalue weighted by Gasteiger charge is 2.20. The van der Waals surface area contributed by atoms with Crippen molar-refractivity contribution in [2.24, 2.45) is 0 Å². The fraction of sp³-hybridized carbons (Fsp3) is 0.350. The van der Waals surface area contributed by atoms with Gasteiger partial charge in [-0.2, -0.15) is 0 Å². The van der Waals surface area contributed by atoms with Crippen molar-refractivity contribution in [3.05, 3.63) is 65.2 Å². The van der Waals surface area contributed by atoms with Crippen LogP contribution in [0.25, 0.3) is 0 Å². The molecule has 2 aromatic carbocycles. The first-order valence-corrected chi connectivity index (χ1v) is 7.94. The second-order valence-electron chi connectivity index (χ2n) is 6.68. The van der Waals surface area contributed by atoms with E-state index in [1.165, 1.54) is 11.6 Å². The molecular formula is C20H24O3. The van der Waals surface area contributed by atoms with Crippen molar-refractivity contribution in [3.63, 3.8) is 0 Å². The van der Waals surface area contributed by atoms with Gasteiger partial charge in [-0.25, -0.2) is 4.79 Å². The summed E-state index contributed by atoms with van der Waals surface area (Å²) >= 11 is 0. The number of hydrogen-bond donors (Lipinski definition) is 1. The van der Waals surface area contributed by atoms with Crippen LogP contribution < -0.4 is 0 Å². The lowest BCUT2D eigenvalue weighted by Crippen LogP contribution is -2.24. The van der Waals surface area contributed by atoms with E-state index in [4.69, 9.17) is 4.74 Å². The predicted octanol–water partition coefficient (Wildman–Crippen LogP) is 4.52. The van der Waals surface area contributed by atoms with Crippen LogP contribution in [-0.2, 0) is 17.6 Å². The van der Waals surface area contributed by atoms with E-state index < -0.39 is 5.60 Å². The van der Waals surface area contributed by atoms with Gasteiger partial charge in [0.1, 0.15) is 11.4 Å². The molecule has 2 aromatic rings. The molecule has 0 aliphatic rings. The van der Waals surface area contributed by atoms with Gasteiger partial charge in [0.2, 0.25) is 0 Å². The van der Waals surface area contributed by atoms with Crippen LogP contribution in [0.2, 0.25) is 0 Å². The molecule has 0 aromatic heterocycles. The van der Waals surface area contributed by atoms with E-state index in [1.54, 1.807) is 12.1 Å². The third kappa shape index (κ3) is 5.44. The van der Waals surface area contributed by atoms with E-state index >= 15 is 0 Å². The highest BCUT2D eigenvalue weighted by molar-refractivity contribution is 5.91. The van der Waals surface area contributed by atoms with Crippen LogP contribution in [0.4, 0.5) is 0 Å². The van der Waals surface area contributed by atoms with Gasteiger partial charge < -0.3 is 9.84 Å². The quantitative estimate of drug-likeness (QED) is 0.826. The molecule has 0 saturated heterocycles. The maximum absolute atomic E-state index is 12.3. The van der Waals surface area contributed by atoms with E-state index in [-0.39, 0.29) is 11.7 Å². The molecule has 0 unspecified atom stereocenters. The van der Waals surface area contributed by atoms with Crippen molar-refractivity contribution in [2.45, 2.75) is 45.6 Å². The van der Waals surface area contributed by atoms with Crippen molar-refractivity contribution < 1.29 is 14.6 Å². The Hall–Kier alpha value is -2.29. The maximum atomic E-state index is 12.3. The van der Waals surface area contributed by atoms with E-state index in [9.17, 15) is 9.90 Å². The smallest absolute Gasteiger partial charge is 0.338 e. The number of carbonyl (C=O) groups is 1. The highest BCUT2D eigenvalue weighted by Crippen LogP contribution is 2.22. The molecule has 0 saturated carbocycles. The molecule has 2 rings (SSSR count). The van der Waals surface area contributed by atoms with Gasteiger partial charge in [-0.3, -0.25) is 0 Å². The number of phenolic OH excluding ortho intramolecular Hbond substituents is 1. The molecule has 0 spiro atoms. The first kappa shape index (κ1) is 17.1. The van der Waals surface area contributed by atoms with Crippen LogP contribution >= 0.6 is 0 Å². The summed E-state index contributed by atoms with van der Waals surface area (Å²) in [6.45, 7) is 5.54. The second-order valence-corrected chi connectivity index (χ2v) is 6.68. The number of phenols is 1. The molecule has 0 amide bonds. The molecule has 0 heterocycles. The first-order valence-electron chi connectivity index (χ1n) is 7.94. The Labute approximate surface area is 137 Å². The Morgan fingerprint density at radius 3 is 2.39 bits per heavy atom. The molecule has 0 radical (unpaired) electrons. The number of benzene rings is 2. The molecule has 0 fully saturated rings. The summed E-state index contributed by atoms with van der Waals surface area (Å²) in [6, 6.07) is 15.1. The second kappa shape index (κ2) is 7.32. The maximum Gasteiger partial charge on any atom is 0.338 e. The molecule has 122 valence electrons. The normalized spacial score (nSPS) is 11.3. The number of hydrogen-bond acceptors (Lipinski definition) is 3. The number of carbonyl (C=O) groups excluding carboxylic acids is 1. The van der Waals surface area contributed by atoms with Gasteiger partial charge in [0.05, 0.1) is 5.56 Å². The Morgan fingerprint density at radius 2 is 1.74 bits per heavy atom. The molecule has 23 heavy (non-hydrogen) atoms. The van der Waals surface area contributed by atoms with Gasteiger partial charge in [0.15, 0.2) is 0 Å². The monoisotopic (exact) mass is 312 g/mol. The van der Waals surface area contributed by atoms with Crippen LogP contribution in [0.1, 0.15) is 48.7 Å². The van der Waals surface area contributed by atoms with E-state index in [0.717, 1.165) is 24.8 Å². The molecule has 1 N–H and O–H groups in total. The molecular weight excluding hydrogens is 288 g/mol. The zero-order valence-corrected chi connectivity index (χ0v) is 14.0. The van der Waals surface area contributed by atoms with Crippen molar-refractivity contribution in [1.82, 2.24) is 0 Å². The number of aryl methyl sites for hydroxylation is 2. The summed E-state index contributed by atoms with van der Waals surface area (Å²) in [5, 5.41) is 9.72. The summed E-state index contributed by atoms with van der Waals surface area (Å²) in [5.41, 5.74) is 2.10. The Morgan fingerprint density at radius 1 is 1.04 bits per heavy atom. The van der Waals surface area contributed by atoms with E-state index in [0.29, 0.717) is 5.56 Å². The number of esters is 1. The Kier molecular flexibility index (Phi) is 5.43. The average Bonchev–Trinajstić information content (AvgIpc) is 2.46. The fourth-order valence-electron chi connectivity index (χ4n) is 2.45. The Bertz CT molecular complexity index is 654. The molecule has 0 atom stereocenters. The lowest BCUT2D eigenvalue weighted by molar-refractivity contribution is 0.00683. The third-order valence-electron chi connectivity index (χ3n) is 3.46. The van der Waals surface area contributed by atoms with Gasteiger partial charge in [0, 0.05) is 0 Å². The van der Waals surface area contributed by atoms with Gasteiger partial charge in [-0.15, -0.1) is 0 Å². The van der Waals surface area contributed by atoms with Crippen molar-refractivity contribution in [2.75, 3.05) is 0 Å². The van der Waals surface area contributed by atoms with Gasteiger partial charge in [-0.1, -0.05) is 30.3 Å². The molecule has 0 bridgehead atoms. The minimum absolute atomic E-state index is 0.173. The highest BCUT2D eigenvalue weighted by atomic mass is 16.6. The molecule has 0 aliphatic heterocycles. The summed E-state index contributed by atoms with van der Waals surface area (Å²) in [5.74, 6) is -0.167. The topological polar surface area (TPSA) is 46.5 Å². The predicted molar refractivity (Wildman–Crippen MR) is 91.7 cm³/mol. The summed E-state index contributed by atoms with van der Waals surface area (Å²) in [7, 11) is 0. The largest absolute Gasteiger partial charge is 0.508 e. The summed E-state index contributed by atoms with van der Waals surface area (Å²) < 4.78 is 5.45. The summed E-state index contributed by atoms with van der Waals surface area (Å²) in [6.07, 6.45) is 2.56. The SMILES string of the molecule is CC(C)(C)OC(=O)c1ccc(O)cc1CCCc1ccccc1. The minimum Gasteiger partial charge on any atom is -0.508 e. The van der Waals surface area contributed by atoms with Crippen LogP contribution in [0.5, 0.6) is 5.75 Å². The van der Waals surface area contributed by atoms with Gasteiger partial charge in [-0.05, 0) is 69.4 Å². The Balaban J connectivity index is 2.08. The van der Waals surface area contributed by atoms with Gasteiger partial charge in [0.25, 0.3) is 0 Å². The first-order chi connectivity index (χ1) is 10.8. The average molecular weight is 312 g/mol. The number of aromatic hydroxyl groups is 1. The van der Waals surface area contributed by atoms with Crippen molar-refractivity contribution in [1.29, 1.82) is 0 Å².